The molecule has 0 aliphatic rings. The van der Waals surface area contributed by atoms with Gasteiger partial charge in [-0.1, -0.05) is 0 Å². The molecule has 0 radical (unpaired) electrons. The molecule has 7 nitrogen and oxygen atoms in total. The Morgan fingerprint density at radius 3 is 2.55 bits per heavy atom. The van der Waals surface area contributed by atoms with E-state index in [4.69, 9.17) is 0 Å². The van der Waals surface area contributed by atoms with E-state index in [0.717, 1.165) is 34.9 Å². The van der Waals surface area contributed by atoms with Crippen LogP contribution in [0.1, 0.15) is 35.3 Å². The van der Waals surface area contributed by atoms with Crippen molar-refractivity contribution >= 4 is 12.1 Å². The van der Waals surface area contributed by atoms with Crippen LogP contribution >= 0.6 is 0 Å². The lowest BCUT2D eigenvalue weighted by Gasteiger charge is -2.02. The summed E-state index contributed by atoms with van der Waals surface area (Å²) in [6.45, 7) is 10.7. The molecule has 0 saturated heterocycles. The quantitative estimate of drug-likeness (QED) is 0.671. The lowest BCUT2D eigenvalue weighted by molar-refractivity contribution is -0.121. The molecule has 0 bridgehead atoms. The second kappa shape index (κ2) is 6.55. The van der Waals surface area contributed by atoms with Gasteiger partial charge in [0.15, 0.2) is 0 Å². The van der Waals surface area contributed by atoms with Crippen LogP contribution in [0.3, 0.4) is 0 Å². The van der Waals surface area contributed by atoms with Crippen LogP contribution in [0.2, 0.25) is 0 Å². The maximum Gasteiger partial charge on any atom is 0.261 e. The first-order valence-electron chi connectivity index (χ1n) is 7.29. The normalized spacial score (nSPS) is 11.3. The SMILES string of the molecule is CCn1nc(C)c(/C=N/NC(=O)Cn2nc(C)cc2C)c1C. The number of nitrogens with one attached hydrogen (secondary N) is 1. The van der Waals surface area contributed by atoms with Crippen molar-refractivity contribution in [1.29, 1.82) is 0 Å². The molecule has 2 aromatic heterocycles. The molecule has 0 spiro atoms. The highest BCUT2D eigenvalue weighted by molar-refractivity contribution is 5.84. The molecule has 1 N–H and O–H groups in total. The molecule has 1 amide bonds. The third kappa shape index (κ3) is 3.41. The number of carbonyl (C=O) groups is 1. The molecular formula is C15H22N6O. The number of carbonyl (C=O) groups excluding carboxylic acids is 1. The predicted molar refractivity (Wildman–Crippen MR) is 84.8 cm³/mol. The number of aryl methyl sites for hydroxylation is 4. The molecule has 7 heteroatoms. The van der Waals surface area contributed by atoms with E-state index >= 15 is 0 Å². The molecular weight excluding hydrogens is 280 g/mol. The molecule has 0 fully saturated rings. The largest absolute Gasteiger partial charge is 0.271 e. The maximum atomic E-state index is 11.9. The smallest absolute Gasteiger partial charge is 0.261 e. The Balaban J connectivity index is 1.99. The van der Waals surface area contributed by atoms with Crippen molar-refractivity contribution in [2.45, 2.75) is 47.7 Å². The van der Waals surface area contributed by atoms with Crippen LogP contribution in [0, 0.1) is 27.7 Å². The zero-order valence-corrected chi connectivity index (χ0v) is 13.7. The van der Waals surface area contributed by atoms with Crippen molar-refractivity contribution in [3.63, 3.8) is 0 Å². The summed E-state index contributed by atoms with van der Waals surface area (Å²) in [4.78, 5) is 11.9. The van der Waals surface area contributed by atoms with Crippen molar-refractivity contribution in [2.24, 2.45) is 5.10 Å². The Kier molecular flexibility index (Phi) is 4.75. The molecule has 0 aliphatic carbocycles. The summed E-state index contributed by atoms with van der Waals surface area (Å²) in [7, 11) is 0. The van der Waals surface area contributed by atoms with E-state index in [1.807, 2.05) is 45.4 Å². The zero-order chi connectivity index (χ0) is 16.3. The molecule has 2 rings (SSSR count). The number of hydrazone groups is 1. The molecule has 118 valence electrons. The second-order valence-electron chi connectivity index (χ2n) is 5.28. The topological polar surface area (TPSA) is 77.1 Å². The van der Waals surface area contributed by atoms with Gasteiger partial charge in [0, 0.05) is 23.5 Å². The highest BCUT2D eigenvalue weighted by Gasteiger charge is 2.09. The van der Waals surface area contributed by atoms with E-state index in [-0.39, 0.29) is 12.5 Å². The van der Waals surface area contributed by atoms with Crippen molar-refractivity contribution in [2.75, 3.05) is 0 Å². The van der Waals surface area contributed by atoms with Crippen LogP contribution in [0.25, 0.3) is 0 Å². The zero-order valence-electron chi connectivity index (χ0n) is 13.7. The summed E-state index contributed by atoms with van der Waals surface area (Å²) in [5.74, 6) is -0.208. The molecule has 0 aliphatic heterocycles. The minimum absolute atomic E-state index is 0.156. The molecule has 0 unspecified atom stereocenters. The second-order valence-corrected chi connectivity index (χ2v) is 5.28. The standard InChI is InChI=1S/C15H22N6O/c1-6-20-13(5)14(12(4)19-20)8-16-17-15(22)9-21-11(3)7-10(2)18-21/h7-8H,6,9H2,1-5H3,(H,17,22)/b16-8+. The van der Waals surface area contributed by atoms with E-state index in [1.165, 1.54) is 0 Å². The number of aromatic nitrogens is 4. The number of rotatable bonds is 5. The van der Waals surface area contributed by atoms with E-state index in [2.05, 4.69) is 20.7 Å². The minimum Gasteiger partial charge on any atom is -0.271 e. The van der Waals surface area contributed by atoms with Crippen LogP contribution < -0.4 is 5.43 Å². The average molecular weight is 302 g/mol. The van der Waals surface area contributed by atoms with Gasteiger partial charge in [-0.25, -0.2) is 5.43 Å². The summed E-state index contributed by atoms with van der Waals surface area (Å²) in [5.41, 5.74) is 7.25. The van der Waals surface area contributed by atoms with Gasteiger partial charge in [0.05, 0.1) is 17.6 Å². The Morgan fingerprint density at radius 1 is 1.27 bits per heavy atom. The molecule has 22 heavy (non-hydrogen) atoms. The highest BCUT2D eigenvalue weighted by atomic mass is 16.2. The van der Waals surface area contributed by atoms with Crippen LogP contribution in [0.15, 0.2) is 11.2 Å². The third-order valence-corrected chi connectivity index (χ3v) is 3.52. The van der Waals surface area contributed by atoms with Crippen molar-refractivity contribution in [1.82, 2.24) is 25.0 Å². The average Bonchev–Trinajstić information content (AvgIpc) is 2.91. The van der Waals surface area contributed by atoms with Gasteiger partial charge in [0.25, 0.3) is 5.91 Å². The van der Waals surface area contributed by atoms with Crippen molar-refractivity contribution in [3.8, 4) is 0 Å². The minimum atomic E-state index is -0.208. The lowest BCUT2D eigenvalue weighted by atomic mass is 10.2. The Labute approximate surface area is 130 Å². The first-order valence-corrected chi connectivity index (χ1v) is 7.29. The van der Waals surface area contributed by atoms with Crippen molar-refractivity contribution in [3.05, 3.63) is 34.4 Å². The summed E-state index contributed by atoms with van der Waals surface area (Å²) in [6, 6.07) is 1.93. The number of hydrogen-bond acceptors (Lipinski definition) is 4. The lowest BCUT2D eigenvalue weighted by Crippen LogP contribution is -2.24. The van der Waals surface area contributed by atoms with Gasteiger partial charge in [-0.2, -0.15) is 15.3 Å². The first kappa shape index (κ1) is 15.9. The summed E-state index contributed by atoms with van der Waals surface area (Å²) in [6.07, 6.45) is 1.64. The Morgan fingerprint density at radius 2 is 2.00 bits per heavy atom. The fourth-order valence-corrected chi connectivity index (χ4v) is 2.38. The molecule has 2 aromatic rings. The number of nitrogens with zero attached hydrogens (tertiary/aromatic N) is 5. The van der Waals surface area contributed by atoms with Crippen molar-refractivity contribution < 1.29 is 4.79 Å². The van der Waals surface area contributed by atoms with E-state index in [9.17, 15) is 4.79 Å². The summed E-state index contributed by atoms with van der Waals surface area (Å²) >= 11 is 0. The van der Waals surface area contributed by atoms with Gasteiger partial charge in [-0.05, 0) is 40.7 Å². The van der Waals surface area contributed by atoms with E-state index in [0.29, 0.717) is 0 Å². The molecule has 2 heterocycles. The maximum absolute atomic E-state index is 11.9. The number of amides is 1. The summed E-state index contributed by atoms with van der Waals surface area (Å²) in [5, 5.41) is 12.7. The van der Waals surface area contributed by atoms with E-state index < -0.39 is 0 Å². The fraction of sp³-hybridized carbons (Fsp3) is 0.467. The number of hydrogen-bond donors (Lipinski definition) is 1. The predicted octanol–water partition coefficient (Wildman–Crippen LogP) is 1.48. The molecule has 0 saturated carbocycles. The fourth-order valence-electron chi connectivity index (χ4n) is 2.38. The van der Waals surface area contributed by atoms with Gasteiger partial charge in [0.2, 0.25) is 0 Å². The van der Waals surface area contributed by atoms with Crippen LogP contribution in [-0.2, 0) is 17.9 Å². The Hall–Kier alpha value is -2.44. The molecule has 0 atom stereocenters. The van der Waals surface area contributed by atoms with Crippen LogP contribution in [0.4, 0.5) is 0 Å². The van der Waals surface area contributed by atoms with Gasteiger partial charge < -0.3 is 0 Å². The monoisotopic (exact) mass is 302 g/mol. The summed E-state index contributed by atoms with van der Waals surface area (Å²) < 4.78 is 3.57. The van der Waals surface area contributed by atoms with E-state index in [1.54, 1.807) is 10.9 Å². The Bertz CT molecular complexity index is 710. The van der Waals surface area contributed by atoms with Gasteiger partial charge in [0.1, 0.15) is 6.54 Å². The first-order chi connectivity index (χ1) is 10.4. The van der Waals surface area contributed by atoms with Crippen LogP contribution in [0.5, 0.6) is 0 Å². The third-order valence-electron chi connectivity index (χ3n) is 3.52. The van der Waals surface area contributed by atoms with Gasteiger partial charge >= 0.3 is 0 Å². The molecule has 0 aromatic carbocycles. The van der Waals surface area contributed by atoms with Gasteiger partial charge in [-0.3, -0.25) is 14.2 Å². The van der Waals surface area contributed by atoms with Crippen LogP contribution in [-0.4, -0.2) is 31.7 Å². The van der Waals surface area contributed by atoms with Gasteiger partial charge in [-0.15, -0.1) is 0 Å². The highest BCUT2D eigenvalue weighted by Crippen LogP contribution is 2.10.